The molecule has 0 aromatic heterocycles. The van der Waals surface area contributed by atoms with Crippen LogP contribution in [0.3, 0.4) is 0 Å². The maximum absolute atomic E-state index is 12.4. The molecule has 0 bridgehead atoms. The molecule has 3 aromatic rings. The third kappa shape index (κ3) is 6.17. The number of hydrogen-bond acceptors (Lipinski definition) is 4. The molecule has 1 amide bonds. The van der Waals surface area contributed by atoms with Gasteiger partial charge in [0.05, 0.1) is 26.0 Å². The summed E-state index contributed by atoms with van der Waals surface area (Å²) in [5.41, 5.74) is 4.91. The Hall–Kier alpha value is -1.66. The molecule has 0 spiro atoms. The quantitative estimate of drug-likeness (QED) is 0.188. The van der Waals surface area contributed by atoms with E-state index in [0.29, 0.717) is 17.9 Å². The van der Waals surface area contributed by atoms with Crippen LogP contribution in [0.2, 0.25) is 0 Å². The molecule has 8 heteroatoms. The summed E-state index contributed by atoms with van der Waals surface area (Å²) in [6.07, 6.45) is 1.60. The van der Waals surface area contributed by atoms with Gasteiger partial charge in [0.1, 0.15) is 18.1 Å². The van der Waals surface area contributed by atoms with Crippen molar-refractivity contribution < 1.29 is 14.3 Å². The van der Waals surface area contributed by atoms with E-state index in [1.165, 1.54) is 7.11 Å². The van der Waals surface area contributed by atoms with Crippen LogP contribution in [0, 0.1) is 7.14 Å². The van der Waals surface area contributed by atoms with Crippen LogP contribution in [0.15, 0.2) is 70.2 Å². The summed E-state index contributed by atoms with van der Waals surface area (Å²) in [6.45, 7) is 0.505. The summed E-state index contributed by atoms with van der Waals surface area (Å²) in [4.78, 5) is 12.4. The van der Waals surface area contributed by atoms with Gasteiger partial charge in [0.15, 0.2) is 0 Å². The van der Waals surface area contributed by atoms with Gasteiger partial charge in [-0.25, -0.2) is 5.43 Å². The summed E-state index contributed by atoms with van der Waals surface area (Å²) in [6, 6.07) is 19.2. The summed E-state index contributed by atoms with van der Waals surface area (Å²) in [5.74, 6) is 0.964. The molecule has 0 atom stereocenters. The maximum atomic E-state index is 12.4. The summed E-state index contributed by atoms with van der Waals surface area (Å²) in [7, 11) is 1.52. The van der Waals surface area contributed by atoms with Gasteiger partial charge in [0.2, 0.25) is 0 Å². The Morgan fingerprint density at radius 2 is 1.80 bits per heavy atom. The number of carbonyl (C=O) groups excluding carboxylic acids is 1. The first-order valence-electron chi connectivity index (χ1n) is 8.80. The number of benzene rings is 3. The lowest BCUT2D eigenvalue weighted by Gasteiger charge is -2.11. The van der Waals surface area contributed by atoms with Gasteiger partial charge in [-0.2, -0.15) is 5.10 Å². The molecule has 0 aliphatic rings. The van der Waals surface area contributed by atoms with Crippen LogP contribution in [0.4, 0.5) is 0 Å². The first-order chi connectivity index (χ1) is 14.5. The molecular formula is C22H17BrI2N2O3. The number of carbonyl (C=O) groups is 1. The van der Waals surface area contributed by atoms with E-state index in [1.807, 2.05) is 48.5 Å². The molecular weight excluding hydrogens is 674 g/mol. The molecule has 0 aliphatic heterocycles. The highest BCUT2D eigenvalue weighted by atomic mass is 127. The van der Waals surface area contributed by atoms with Crippen LogP contribution >= 0.6 is 61.1 Å². The van der Waals surface area contributed by atoms with E-state index in [9.17, 15) is 4.79 Å². The van der Waals surface area contributed by atoms with Crippen molar-refractivity contribution >= 4 is 73.2 Å². The number of hydrazone groups is 1. The first kappa shape index (κ1) is 23.0. The second-order valence-corrected chi connectivity index (χ2v) is 9.37. The first-order valence-corrected chi connectivity index (χ1v) is 11.8. The fourth-order valence-corrected chi connectivity index (χ4v) is 5.09. The highest BCUT2D eigenvalue weighted by molar-refractivity contribution is 14.1. The van der Waals surface area contributed by atoms with E-state index < -0.39 is 0 Å². The van der Waals surface area contributed by atoms with Crippen LogP contribution in [-0.4, -0.2) is 19.2 Å². The monoisotopic (exact) mass is 690 g/mol. The van der Waals surface area contributed by atoms with Crippen LogP contribution in [0.1, 0.15) is 21.5 Å². The number of nitrogens with one attached hydrogen (secondary N) is 1. The maximum Gasteiger partial charge on any atom is 0.275 e. The van der Waals surface area contributed by atoms with Gasteiger partial charge in [-0.1, -0.05) is 46.3 Å². The van der Waals surface area contributed by atoms with Gasteiger partial charge in [-0.15, -0.1) is 0 Å². The third-order valence-electron chi connectivity index (χ3n) is 4.03. The lowest BCUT2D eigenvalue weighted by Crippen LogP contribution is -2.18. The van der Waals surface area contributed by atoms with E-state index in [1.54, 1.807) is 18.3 Å². The van der Waals surface area contributed by atoms with Gasteiger partial charge in [-0.05, 0) is 86.6 Å². The van der Waals surface area contributed by atoms with E-state index in [2.05, 4.69) is 71.6 Å². The van der Waals surface area contributed by atoms with Gasteiger partial charge >= 0.3 is 0 Å². The average molecular weight is 691 g/mol. The SMILES string of the molecule is COc1ccc(Br)cc1C(=O)N/N=C\c1cc(I)c(OCc2ccccc2)c(I)c1. The fourth-order valence-electron chi connectivity index (χ4n) is 2.60. The van der Waals surface area contributed by atoms with Crippen molar-refractivity contribution in [1.29, 1.82) is 0 Å². The summed E-state index contributed by atoms with van der Waals surface area (Å²) in [5, 5.41) is 4.09. The number of rotatable bonds is 7. The minimum absolute atomic E-state index is 0.350. The number of hydrogen-bond donors (Lipinski definition) is 1. The third-order valence-corrected chi connectivity index (χ3v) is 6.13. The van der Waals surface area contributed by atoms with Crippen molar-refractivity contribution in [2.45, 2.75) is 6.61 Å². The Kier molecular flexibility index (Phi) is 8.51. The van der Waals surface area contributed by atoms with Gasteiger partial charge < -0.3 is 9.47 Å². The highest BCUT2D eigenvalue weighted by Crippen LogP contribution is 2.29. The molecule has 0 fully saturated rings. The van der Waals surface area contributed by atoms with Crippen molar-refractivity contribution in [2.75, 3.05) is 7.11 Å². The Morgan fingerprint density at radius 1 is 1.10 bits per heavy atom. The van der Waals surface area contributed by atoms with E-state index in [0.717, 1.165) is 28.5 Å². The van der Waals surface area contributed by atoms with Crippen LogP contribution in [-0.2, 0) is 6.61 Å². The number of halogens is 3. The van der Waals surface area contributed by atoms with Crippen LogP contribution < -0.4 is 14.9 Å². The highest BCUT2D eigenvalue weighted by Gasteiger charge is 2.12. The molecule has 3 rings (SSSR count). The predicted molar refractivity (Wildman–Crippen MR) is 138 cm³/mol. The van der Waals surface area contributed by atoms with Gasteiger partial charge in [0.25, 0.3) is 5.91 Å². The molecule has 0 heterocycles. The van der Waals surface area contributed by atoms with Crippen molar-refractivity contribution in [2.24, 2.45) is 5.10 Å². The Bertz CT molecular complexity index is 1050. The molecule has 1 N–H and O–H groups in total. The molecule has 0 aliphatic carbocycles. The van der Waals surface area contributed by atoms with Crippen molar-refractivity contribution in [3.8, 4) is 11.5 Å². The van der Waals surface area contributed by atoms with Gasteiger partial charge in [-0.3, -0.25) is 4.79 Å². The Morgan fingerprint density at radius 3 is 2.47 bits per heavy atom. The van der Waals surface area contributed by atoms with Crippen molar-refractivity contribution in [3.05, 3.63) is 89.0 Å². The lowest BCUT2D eigenvalue weighted by molar-refractivity contribution is 0.0952. The Labute approximate surface area is 210 Å². The van der Waals surface area contributed by atoms with Crippen LogP contribution in [0.25, 0.3) is 0 Å². The minimum atomic E-state index is -0.350. The molecule has 154 valence electrons. The average Bonchev–Trinajstić information content (AvgIpc) is 2.73. The molecule has 0 radical (unpaired) electrons. The second-order valence-electron chi connectivity index (χ2n) is 6.13. The normalized spacial score (nSPS) is 10.8. The molecule has 0 unspecified atom stereocenters. The number of amides is 1. The number of ether oxygens (including phenoxy) is 2. The molecule has 5 nitrogen and oxygen atoms in total. The van der Waals surface area contributed by atoms with E-state index in [4.69, 9.17) is 9.47 Å². The Balaban J connectivity index is 1.67. The molecule has 3 aromatic carbocycles. The minimum Gasteiger partial charge on any atom is -0.496 e. The molecule has 0 saturated carbocycles. The lowest BCUT2D eigenvalue weighted by atomic mass is 10.2. The zero-order valence-corrected chi connectivity index (χ0v) is 21.8. The number of nitrogens with zero attached hydrogens (tertiary/aromatic N) is 1. The second kappa shape index (κ2) is 11.1. The molecule has 30 heavy (non-hydrogen) atoms. The fraction of sp³-hybridized carbons (Fsp3) is 0.0909. The molecule has 0 saturated heterocycles. The van der Waals surface area contributed by atoms with E-state index >= 15 is 0 Å². The topological polar surface area (TPSA) is 59.9 Å². The summed E-state index contributed by atoms with van der Waals surface area (Å²) < 4.78 is 14.0. The predicted octanol–water partition coefficient (Wildman–Crippen LogP) is 6.01. The van der Waals surface area contributed by atoms with Gasteiger partial charge in [0, 0.05) is 4.47 Å². The smallest absolute Gasteiger partial charge is 0.275 e. The zero-order chi connectivity index (χ0) is 21.5. The summed E-state index contributed by atoms with van der Waals surface area (Å²) >= 11 is 7.84. The largest absolute Gasteiger partial charge is 0.496 e. The van der Waals surface area contributed by atoms with Crippen molar-refractivity contribution in [1.82, 2.24) is 5.43 Å². The zero-order valence-electron chi connectivity index (χ0n) is 15.9. The van der Waals surface area contributed by atoms with Crippen molar-refractivity contribution in [3.63, 3.8) is 0 Å². The van der Waals surface area contributed by atoms with Crippen LogP contribution in [0.5, 0.6) is 11.5 Å². The standard InChI is InChI=1S/C22H17BrI2N2O3/c1-29-20-8-7-16(23)11-17(20)22(28)27-26-12-15-9-18(24)21(19(25)10-15)30-13-14-5-3-2-4-6-14/h2-12H,13H2,1H3,(H,27,28)/b26-12-. The van der Waals surface area contributed by atoms with E-state index in [-0.39, 0.29) is 5.91 Å². The number of methoxy groups -OCH3 is 1.